The van der Waals surface area contributed by atoms with Crippen LogP contribution in [0.3, 0.4) is 0 Å². The van der Waals surface area contributed by atoms with E-state index in [4.69, 9.17) is 0 Å². The van der Waals surface area contributed by atoms with Gasteiger partial charge in [-0.3, -0.25) is 0 Å². The van der Waals surface area contributed by atoms with E-state index in [1.165, 1.54) is 0 Å². The minimum atomic E-state index is -3.48. The van der Waals surface area contributed by atoms with Gasteiger partial charge in [0, 0.05) is 25.0 Å². The lowest BCUT2D eigenvalue weighted by molar-refractivity contribution is 0.274. The van der Waals surface area contributed by atoms with Crippen LogP contribution in [0, 0.1) is 0 Å². The van der Waals surface area contributed by atoms with Crippen LogP contribution < -0.4 is 0 Å². The molecule has 0 aliphatic heterocycles. The van der Waals surface area contributed by atoms with Gasteiger partial charge in [-0.1, -0.05) is 57.2 Å². The second kappa shape index (κ2) is 7.90. The van der Waals surface area contributed by atoms with Crippen LogP contribution in [0.5, 0.6) is 0 Å². The standard InChI is InChI=1S/C18H26N2O2S/c1-4-19(5-2)14-15-20(6-3)23(21,22)18-13-9-11-16-10-7-8-12-17(16)18/h7-13H,4-6,14-15H2,1-3H3. The Kier molecular flexibility index (Phi) is 6.16. The summed E-state index contributed by atoms with van der Waals surface area (Å²) in [4.78, 5) is 2.64. The molecule has 2 aromatic carbocycles. The van der Waals surface area contributed by atoms with E-state index in [1.807, 2.05) is 43.3 Å². The first-order valence-corrected chi connectivity index (χ1v) is 9.68. The molecule has 2 aromatic rings. The number of rotatable bonds is 8. The zero-order chi connectivity index (χ0) is 16.9. The highest BCUT2D eigenvalue weighted by atomic mass is 32.2. The first-order valence-electron chi connectivity index (χ1n) is 8.24. The summed E-state index contributed by atoms with van der Waals surface area (Å²) in [5, 5.41) is 1.74. The molecule has 0 unspecified atom stereocenters. The molecule has 0 aliphatic rings. The van der Waals surface area contributed by atoms with Gasteiger partial charge in [-0.2, -0.15) is 4.31 Å². The number of likely N-dealkylation sites (N-methyl/N-ethyl adjacent to an activating group) is 2. The van der Waals surface area contributed by atoms with Crippen LogP contribution in [0.1, 0.15) is 20.8 Å². The summed E-state index contributed by atoms with van der Waals surface area (Å²) in [5.74, 6) is 0. The second-order valence-corrected chi connectivity index (χ2v) is 7.41. The van der Waals surface area contributed by atoms with E-state index in [0.717, 1.165) is 30.4 Å². The van der Waals surface area contributed by atoms with Crippen molar-refractivity contribution in [3.05, 3.63) is 42.5 Å². The number of hydrogen-bond acceptors (Lipinski definition) is 3. The lowest BCUT2D eigenvalue weighted by Gasteiger charge is -2.25. The van der Waals surface area contributed by atoms with E-state index >= 15 is 0 Å². The fourth-order valence-corrected chi connectivity index (χ4v) is 4.46. The molecule has 0 spiro atoms. The summed E-state index contributed by atoms with van der Waals surface area (Å²) in [5.41, 5.74) is 0. The first-order chi connectivity index (χ1) is 11.0. The van der Waals surface area contributed by atoms with E-state index < -0.39 is 10.0 Å². The van der Waals surface area contributed by atoms with Crippen molar-refractivity contribution in [1.29, 1.82) is 0 Å². The maximum atomic E-state index is 13.1. The largest absolute Gasteiger partial charge is 0.303 e. The monoisotopic (exact) mass is 334 g/mol. The third-order valence-electron chi connectivity index (χ3n) is 4.28. The molecule has 23 heavy (non-hydrogen) atoms. The van der Waals surface area contributed by atoms with Crippen molar-refractivity contribution in [3.8, 4) is 0 Å². The van der Waals surface area contributed by atoms with Gasteiger partial charge >= 0.3 is 0 Å². The molecular formula is C18H26N2O2S. The van der Waals surface area contributed by atoms with Crippen molar-refractivity contribution in [3.63, 3.8) is 0 Å². The Hall–Kier alpha value is -1.43. The highest BCUT2D eigenvalue weighted by molar-refractivity contribution is 7.89. The van der Waals surface area contributed by atoms with Crippen LogP contribution in [0.2, 0.25) is 0 Å². The molecule has 0 atom stereocenters. The highest BCUT2D eigenvalue weighted by Gasteiger charge is 2.24. The van der Waals surface area contributed by atoms with E-state index in [-0.39, 0.29) is 0 Å². The van der Waals surface area contributed by atoms with Crippen molar-refractivity contribution in [2.75, 3.05) is 32.7 Å². The van der Waals surface area contributed by atoms with E-state index in [1.54, 1.807) is 10.4 Å². The molecule has 0 aliphatic carbocycles. The molecule has 0 radical (unpaired) electrons. The van der Waals surface area contributed by atoms with Gasteiger partial charge < -0.3 is 4.90 Å². The van der Waals surface area contributed by atoms with Crippen LogP contribution in [-0.4, -0.2) is 50.3 Å². The number of nitrogens with zero attached hydrogens (tertiary/aromatic N) is 2. The van der Waals surface area contributed by atoms with Crippen LogP contribution >= 0.6 is 0 Å². The fourth-order valence-electron chi connectivity index (χ4n) is 2.80. The number of benzene rings is 2. The highest BCUT2D eigenvalue weighted by Crippen LogP contribution is 2.25. The molecule has 0 heterocycles. The Morgan fingerprint density at radius 1 is 0.826 bits per heavy atom. The van der Waals surface area contributed by atoms with Crippen molar-refractivity contribution < 1.29 is 8.42 Å². The molecule has 0 saturated heterocycles. The summed E-state index contributed by atoms with van der Waals surface area (Å²) in [6.45, 7) is 9.70. The predicted molar refractivity (Wildman–Crippen MR) is 96.2 cm³/mol. The molecule has 126 valence electrons. The molecule has 5 heteroatoms. The minimum absolute atomic E-state index is 0.400. The van der Waals surface area contributed by atoms with E-state index in [9.17, 15) is 8.42 Å². The zero-order valence-electron chi connectivity index (χ0n) is 14.2. The molecule has 2 rings (SSSR count). The van der Waals surface area contributed by atoms with Crippen LogP contribution in [-0.2, 0) is 10.0 Å². The summed E-state index contributed by atoms with van der Waals surface area (Å²) in [6, 6.07) is 13.1. The van der Waals surface area contributed by atoms with Gasteiger partial charge in [0.2, 0.25) is 10.0 Å². The Bertz CT molecular complexity index is 734. The number of sulfonamides is 1. The summed E-state index contributed by atoms with van der Waals surface area (Å²) in [7, 11) is -3.48. The lowest BCUT2D eigenvalue weighted by Crippen LogP contribution is -2.38. The SMILES string of the molecule is CCN(CC)CCN(CC)S(=O)(=O)c1cccc2ccccc12. The quantitative estimate of drug-likeness (QED) is 0.744. The summed E-state index contributed by atoms with van der Waals surface area (Å²) in [6.07, 6.45) is 0. The Balaban J connectivity index is 2.34. The smallest absolute Gasteiger partial charge is 0.243 e. The van der Waals surface area contributed by atoms with Gasteiger partial charge in [-0.15, -0.1) is 0 Å². The van der Waals surface area contributed by atoms with E-state index in [0.29, 0.717) is 18.0 Å². The fraction of sp³-hybridized carbons (Fsp3) is 0.444. The Morgan fingerprint density at radius 2 is 1.48 bits per heavy atom. The van der Waals surface area contributed by atoms with E-state index in [2.05, 4.69) is 18.7 Å². The molecular weight excluding hydrogens is 308 g/mol. The molecule has 0 amide bonds. The lowest BCUT2D eigenvalue weighted by atomic mass is 10.1. The zero-order valence-corrected chi connectivity index (χ0v) is 15.0. The second-order valence-electron chi connectivity index (χ2n) is 5.50. The van der Waals surface area contributed by atoms with Crippen LogP contribution in [0.25, 0.3) is 10.8 Å². The van der Waals surface area contributed by atoms with Crippen molar-refractivity contribution in [2.45, 2.75) is 25.7 Å². The molecule has 0 N–H and O–H groups in total. The molecule has 0 bridgehead atoms. The summed E-state index contributed by atoms with van der Waals surface area (Å²) < 4.78 is 27.7. The van der Waals surface area contributed by atoms with Crippen molar-refractivity contribution in [1.82, 2.24) is 9.21 Å². The van der Waals surface area contributed by atoms with Crippen molar-refractivity contribution in [2.24, 2.45) is 0 Å². The Labute approximate surface area is 139 Å². The van der Waals surface area contributed by atoms with Gasteiger partial charge in [-0.05, 0) is 24.5 Å². The average Bonchev–Trinajstić information content (AvgIpc) is 2.58. The topological polar surface area (TPSA) is 40.6 Å². The minimum Gasteiger partial charge on any atom is -0.303 e. The Morgan fingerprint density at radius 3 is 2.13 bits per heavy atom. The third kappa shape index (κ3) is 3.91. The van der Waals surface area contributed by atoms with Crippen LogP contribution in [0.4, 0.5) is 0 Å². The van der Waals surface area contributed by atoms with Crippen LogP contribution in [0.15, 0.2) is 47.4 Å². The van der Waals surface area contributed by atoms with Gasteiger partial charge in [0.15, 0.2) is 0 Å². The number of hydrogen-bond donors (Lipinski definition) is 0. The van der Waals surface area contributed by atoms with Gasteiger partial charge in [0.1, 0.15) is 0 Å². The molecule has 4 nitrogen and oxygen atoms in total. The van der Waals surface area contributed by atoms with Gasteiger partial charge in [0.25, 0.3) is 0 Å². The summed E-state index contributed by atoms with van der Waals surface area (Å²) >= 11 is 0. The predicted octanol–water partition coefficient (Wildman–Crippen LogP) is 3.19. The molecule has 0 fully saturated rings. The molecule has 0 aromatic heterocycles. The maximum absolute atomic E-state index is 13.1. The van der Waals surface area contributed by atoms with Crippen molar-refractivity contribution >= 4 is 20.8 Å². The number of fused-ring (bicyclic) bond motifs is 1. The normalized spacial score (nSPS) is 12.4. The first kappa shape index (κ1) is 17.9. The van der Waals surface area contributed by atoms with Gasteiger partial charge in [-0.25, -0.2) is 8.42 Å². The third-order valence-corrected chi connectivity index (χ3v) is 6.31. The van der Waals surface area contributed by atoms with Gasteiger partial charge in [0.05, 0.1) is 4.90 Å². The average molecular weight is 334 g/mol. The molecule has 0 saturated carbocycles. The maximum Gasteiger partial charge on any atom is 0.243 e.